The molecule has 0 unspecified atom stereocenters. The van der Waals surface area contributed by atoms with Gasteiger partial charge in [0, 0.05) is 26.1 Å². The van der Waals surface area contributed by atoms with Crippen molar-refractivity contribution in [3.63, 3.8) is 0 Å². The van der Waals surface area contributed by atoms with E-state index < -0.39 is 18.1 Å². The van der Waals surface area contributed by atoms with E-state index >= 15 is 0 Å². The molecule has 2 fully saturated rings. The Morgan fingerprint density at radius 2 is 1.88 bits per heavy atom. The molecule has 7 nitrogen and oxygen atoms in total. The number of β-amino-alcohol motifs (C(OH)–C–C–N with tert-alkyl or cyclic N) is 1. The SMILES string of the molecule is O=C(O)[C@@H]1C[C@H](O)CN1C(=O)N1CCOCC1. The predicted octanol–water partition coefficient (Wildman–Crippen LogP) is -1.04. The van der Waals surface area contributed by atoms with Crippen LogP contribution in [0.15, 0.2) is 0 Å². The van der Waals surface area contributed by atoms with Crippen molar-refractivity contribution in [3.05, 3.63) is 0 Å². The lowest BCUT2D eigenvalue weighted by Crippen LogP contribution is -2.51. The second kappa shape index (κ2) is 4.89. The number of aliphatic hydroxyl groups is 1. The summed E-state index contributed by atoms with van der Waals surface area (Å²) in [5, 5.41) is 18.5. The Hall–Kier alpha value is -1.34. The molecular formula is C10H16N2O5. The van der Waals surface area contributed by atoms with E-state index in [1.165, 1.54) is 4.90 Å². The van der Waals surface area contributed by atoms with E-state index in [0.717, 1.165) is 0 Å². The first-order valence-electron chi connectivity index (χ1n) is 5.63. The molecule has 0 aromatic carbocycles. The molecule has 0 aromatic rings. The number of ether oxygens (including phenoxy) is 1. The number of amides is 2. The Labute approximate surface area is 98.6 Å². The third kappa shape index (κ3) is 2.50. The molecule has 2 rings (SSSR count). The minimum Gasteiger partial charge on any atom is -0.480 e. The quantitative estimate of drug-likeness (QED) is 0.615. The molecule has 2 N–H and O–H groups in total. The molecule has 2 saturated heterocycles. The average Bonchev–Trinajstić information content (AvgIpc) is 2.72. The fourth-order valence-electron chi connectivity index (χ4n) is 2.20. The number of likely N-dealkylation sites (tertiary alicyclic amines) is 1. The molecule has 0 saturated carbocycles. The zero-order chi connectivity index (χ0) is 12.4. The summed E-state index contributed by atoms with van der Waals surface area (Å²) in [6.45, 7) is 1.97. The van der Waals surface area contributed by atoms with Crippen molar-refractivity contribution in [1.82, 2.24) is 9.80 Å². The number of carbonyl (C=O) groups is 2. The Balaban J connectivity index is 2.04. The predicted molar refractivity (Wildman–Crippen MR) is 56.5 cm³/mol. The highest BCUT2D eigenvalue weighted by molar-refractivity contribution is 5.83. The van der Waals surface area contributed by atoms with Crippen LogP contribution in [0.4, 0.5) is 4.79 Å². The number of hydrogen-bond acceptors (Lipinski definition) is 4. The molecule has 0 radical (unpaired) electrons. The van der Waals surface area contributed by atoms with Crippen LogP contribution in [0, 0.1) is 0 Å². The van der Waals surface area contributed by atoms with Gasteiger partial charge in [-0.05, 0) is 0 Å². The Morgan fingerprint density at radius 3 is 2.47 bits per heavy atom. The number of hydrogen-bond donors (Lipinski definition) is 2. The lowest BCUT2D eigenvalue weighted by molar-refractivity contribution is -0.141. The van der Waals surface area contributed by atoms with Crippen molar-refractivity contribution in [3.8, 4) is 0 Å². The van der Waals surface area contributed by atoms with Crippen LogP contribution in [0.2, 0.25) is 0 Å². The highest BCUT2D eigenvalue weighted by atomic mass is 16.5. The van der Waals surface area contributed by atoms with Crippen molar-refractivity contribution in [2.45, 2.75) is 18.6 Å². The van der Waals surface area contributed by atoms with Crippen molar-refractivity contribution in [2.75, 3.05) is 32.8 Å². The van der Waals surface area contributed by atoms with Crippen molar-refractivity contribution >= 4 is 12.0 Å². The molecule has 0 aliphatic carbocycles. The van der Waals surface area contributed by atoms with Crippen molar-refractivity contribution < 1.29 is 24.5 Å². The first kappa shape index (κ1) is 12.1. The maximum Gasteiger partial charge on any atom is 0.326 e. The third-order valence-corrected chi connectivity index (χ3v) is 3.09. The van der Waals surface area contributed by atoms with E-state index in [0.29, 0.717) is 26.3 Å². The number of morpholine rings is 1. The highest BCUT2D eigenvalue weighted by Gasteiger charge is 2.40. The third-order valence-electron chi connectivity index (χ3n) is 3.09. The van der Waals surface area contributed by atoms with Gasteiger partial charge in [0.05, 0.1) is 19.3 Å². The second-order valence-corrected chi connectivity index (χ2v) is 4.28. The van der Waals surface area contributed by atoms with Gasteiger partial charge in [-0.25, -0.2) is 9.59 Å². The van der Waals surface area contributed by atoms with Gasteiger partial charge in [0.2, 0.25) is 0 Å². The molecule has 17 heavy (non-hydrogen) atoms. The second-order valence-electron chi connectivity index (χ2n) is 4.28. The van der Waals surface area contributed by atoms with Gasteiger partial charge in [-0.3, -0.25) is 0 Å². The van der Waals surface area contributed by atoms with E-state index in [2.05, 4.69) is 0 Å². The van der Waals surface area contributed by atoms with Crippen LogP contribution in [0.5, 0.6) is 0 Å². The van der Waals surface area contributed by atoms with Crippen LogP contribution in [-0.4, -0.2) is 77.0 Å². The Morgan fingerprint density at radius 1 is 1.24 bits per heavy atom. The number of nitrogens with zero attached hydrogens (tertiary/aromatic N) is 2. The average molecular weight is 244 g/mol. The van der Waals surface area contributed by atoms with Gasteiger partial charge < -0.3 is 24.7 Å². The van der Waals surface area contributed by atoms with Crippen LogP contribution < -0.4 is 0 Å². The van der Waals surface area contributed by atoms with Gasteiger partial charge >= 0.3 is 12.0 Å². The number of aliphatic carboxylic acids is 1. The van der Waals surface area contributed by atoms with E-state index in [9.17, 15) is 14.7 Å². The number of urea groups is 1. The van der Waals surface area contributed by atoms with E-state index in [4.69, 9.17) is 9.84 Å². The summed E-state index contributed by atoms with van der Waals surface area (Å²) in [5.41, 5.74) is 0. The van der Waals surface area contributed by atoms with E-state index in [-0.39, 0.29) is 19.0 Å². The molecule has 2 aliphatic rings. The summed E-state index contributed by atoms with van der Waals surface area (Å²) in [6, 6.07) is -1.24. The number of carboxylic acids is 1. The van der Waals surface area contributed by atoms with Crippen LogP contribution in [0.3, 0.4) is 0 Å². The monoisotopic (exact) mass is 244 g/mol. The fraction of sp³-hybridized carbons (Fsp3) is 0.800. The molecule has 2 atom stereocenters. The summed E-state index contributed by atoms with van der Waals surface area (Å²) < 4.78 is 5.13. The molecule has 2 amide bonds. The minimum atomic E-state index is -1.07. The van der Waals surface area contributed by atoms with Crippen LogP contribution in [0.1, 0.15) is 6.42 Å². The van der Waals surface area contributed by atoms with Gasteiger partial charge in [-0.15, -0.1) is 0 Å². The molecule has 0 aromatic heterocycles. The zero-order valence-corrected chi connectivity index (χ0v) is 9.41. The summed E-state index contributed by atoms with van der Waals surface area (Å²) in [7, 11) is 0. The molecule has 0 bridgehead atoms. The Bertz CT molecular complexity index is 316. The number of carboxylic acid groups (broad SMARTS) is 1. The lowest BCUT2D eigenvalue weighted by atomic mass is 10.2. The van der Waals surface area contributed by atoms with Crippen molar-refractivity contribution in [2.24, 2.45) is 0 Å². The zero-order valence-electron chi connectivity index (χ0n) is 9.41. The van der Waals surface area contributed by atoms with Crippen LogP contribution >= 0.6 is 0 Å². The van der Waals surface area contributed by atoms with Gasteiger partial charge in [0.15, 0.2) is 0 Å². The highest BCUT2D eigenvalue weighted by Crippen LogP contribution is 2.20. The van der Waals surface area contributed by atoms with Gasteiger partial charge in [-0.2, -0.15) is 0 Å². The lowest BCUT2D eigenvalue weighted by Gasteiger charge is -2.32. The normalized spacial score (nSPS) is 29.5. The molecule has 2 aliphatic heterocycles. The van der Waals surface area contributed by atoms with Gasteiger partial charge in [0.25, 0.3) is 0 Å². The minimum absolute atomic E-state index is 0.0904. The fourth-order valence-corrected chi connectivity index (χ4v) is 2.20. The molecule has 0 spiro atoms. The molecule has 2 heterocycles. The van der Waals surface area contributed by atoms with E-state index in [1.807, 2.05) is 0 Å². The standard InChI is InChI=1S/C10H16N2O5/c13-7-5-8(9(14)15)12(6-7)10(16)11-1-3-17-4-2-11/h7-8,13H,1-6H2,(H,14,15)/t7-,8-/m0/s1. The van der Waals surface area contributed by atoms with Crippen LogP contribution in [0.25, 0.3) is 0 Å². The van der Waals surface area contributed by atoms with Crippen LogP contribution in [-0.2, 0) is 9.53 Å². The molecular weight excluding hydrogens is 228 g/mol. The molecule has 96 valence electrons. The maximum atomic E-state index is 12.1. The summed E-state index contributed by atoms with van der Waals surface area (Å²) in [6.07, 6.45) is -0.646. The van der Waals surface area contributed by atoms with E-state index in [1.54, 1.807) is 4.90 Å². The largest absolute Gasteiger partial charge is 0.480 e. The summed E-state index contributed by atoms with van der Waals surface area (Å²) in [4.78, 5) is 25.9. The first-order chi connectivity index (χ1) is 8.09. The van der Waals surface area contributed by atoms with Crippen molar-refractivity contribution in [1.29, 1.82) is 0 Å². The topological polar surface area (TPSA) is 90.3 Å². The number of aliphatic hydroxyl groups excluding tert-OH is 1. The van der Waals surface area contributed by atoms with Gasteiger partial charge in [-0.1, -0.05) is 0 Å². The number of rotatable bonds is 1. The first-order valence-corrected chi connectivity index (χ1v) is 5.63. The molecule has 7 heteroatoms. The summed E-state index contributed by atoms with van der Waals surface area (Å²) in [5.74, 6) is -1.07. The number of carbonyl (C=O) groups excluding carboxylic acids is 1. The van der Waals surface area contributed by atoms with Gasteiger partial charge in [0.1, 0.15) is 6.04 Å². The smallest absolute Gasteiger partial charge is 0.326 e. The maximum absolute atomic E-state index is 12.1. The Kier molecular flexibility index (Phi) is 3.49. The summed E-state index contributed by atoms with van der Waals surface area (Å²) >= 11 is 0.